The van der Waals surface area contributed by atoms with Gasteiger partial charge in [0.1, 0.15) is 0 Å². The second-order valence-corrected chi connectivity index (χ2v) is 5.46. The Balaban J connectivity index is 1.95. The number of hydrogen-bond acceptors (Lipinski definition) is 3. The van der Waals surface area contributed by atoms with Crippen LogP contribution in [0.2, 0.25) is 0 Å². The summed E-state index contributed by atoms with van der Waals surface area (Å²) in [6.07, 6.45) is -4.44. The van der Waals surface area contributed by atoms with Crippen LogP contribution in [0.4, 0.5) is 23.7 Å². The number of amides is 3. The van der Waals surface area contributed by atoms with E-state index in [0.717, 1.165) is 24.3 Å². The van der Waals surface area contributed by atoms with Crippen LogP contribution < -0.4 is 16.1 Å². The number of hydrogen-bond donors (Lipinski definition) is 4. The molecule has 1 unspecified atom stereocenters. The van der Waals surface area contributed by atoms with Crippen molar-refractivity contribution in [1.82, 2.24) is 10.8 Å². The van der Waals surface area contributed by atoms with E-state index in [1.165, 1.54) is 17.6 Å². The molecule has 26 heavy (non-hydrogen) atoms. The molecule has 2 aromatic carbocycles. The van der Waals surface area contributed by atoms with E-state index in [0.29, 0.717) is 5.56 Å². The van der Waals surface area contributed by atoms with Crippen molar-refractivity contribution in [2.45, 2.75) is 19.1 Å². The number of anilines is 1. The molecule has 9 heteroatoms. The Labute approximate surface area is 147 Å². The summed E-state index contributed by atoms with van der Waals surface area (Å²) in [6.45, 7) is 1.70. The molecule has 0 radical (unpaired) electrons. The fraction of sp³-hybridized carbons (Fsp3) is 0.176. The summed E-state index contributed by atoms with van der Waals surface area (Å²) in [4.78, 5) is 23.2. The fourth-order valence-electron chi connectivity index (χ4n) is 2.18. The third-order valence-electron chi connectivity index (χ3n) is 3.59. The van der Waals surface area contributed by atoms with Crippen LogP contribution in [0.3, 0.4) is 0 Å². The van der Waals surface area contributed by atoms with Crippen molar-refractivity contribution in [2.75, 3.05) is 5.32 Å². The van der Waals surface area contributed by atoms with Crippen LogP contribution in [0.25, 0.3) is 0 Å². The molecule has 138 valence electrons. The minimum Gasteiger partial charge on any atom is -0.331 e. The Kier molecular flexibility index (Phi) is 5.83. The van der Waals surface area contributed by atoms with Crippen molar-refractivity contribution in [1.29, 1.82) is 0 Å². The first-order valence-corrected chi connectivity index (χ1v) is 7.50. The van der Waals surface area contributed by atoms with Crippen LogP contribution in [-0.2, 0) is 6.18 Å². The van der Waals surface area contributed by atoms with Crippen molar-refractivity contribution in [2.24, 2.45) is 0 Å². The molecule has 0 spiro atoms. The van der Waals surface area contributed by atoms with Crippen LogP contribution in [-0.4, -0.2) is 17.1 Å². The number of halogens is 3. The maximum Gasteiger partial charge on any atom is 0.416 e. The first kappa shape index (κ1) is 19.3. The van der Waals surface area contributed by atoms with Crippen molar-refractivity contribution in [3.63, 3.8) is 0 Å². The van der Waals surface area contributed by atoms with E-state index in [4.69, 9.17) is 5.21 Å². The predicted molar refractivity (Wildman–Crippen MR) is 87.7 cm³/mol. The lowest BCUT2D eigenvalue weighted by atomic mass is 10.1. The Bertz CT molecular complexity index is 775. The van der Waals surface area contributed by atoms with Crippen molar-refractivity contribution in [3.8, 4) is 0 Å². The van der Waals surface area contributed by atoms with Gasteiger partial charge in [0.25, 0.3) is 5.91 Å². The third kappa shape index (κ3) is 4.96. The first-order chi connectivity index (χ1) is 12.2. The minimum atomic E-state index is -4.44. The van der Waals surface area contributed by atoms with Crippen molar-refractivity contribution < 1.29 is 28.0 Å². The van der Waals surface area contributed by atoms with Gasteiger partial charge in [-0.1, -0.05) is 12.1 Å². The van der Waals surface area contributed by atoms with Gasteiger partial charge in [-0.05, 0) is 48.9 Å². The lowest BCUT2D eigenvalue weighted by Crippen LogP contribution is -2.31. The smallest absolute Gasteiger partial charge is 0.331 e. The summed E-state index contributed by atoms with van der Waals surface area (Å²) in [7, 11) is 0. The molecule has 6 nitrogen and oxygen atoms in total. The standard InChI is InChI=1S/C17H16F3N3O3/c1-10(11-2-4-12(5-3-11)15(24)23-26)21-16(25)22-14-8-6-13(7-9-14)17(18,19)20/h2-10,26H,1H3,(H,23,24)(H2,21,22,25). The second kappa shape index (κ2) is 7.87. The molecule has 3 amide bonds. The molecule has 0 aliphatic rings. The maximum atomic E-state index is 12.5. The van der Waals surface area contributed by atoms with Crippen LogP contribution in [0.15, 0.2) is 48.5 Å². The van der Waals surface area contributed by atoms with Gasteiger partial charge in [-0.15, -0.1) is 0 Å². The molecular formula is C17H16F3N3O3. The second-order valence-electron chi connectivity index (χ2n) is 5.46. The van der Waals surface area contributed by atoms with Crippen LogP contribution in [0, 0.1) is 0 Å². The highest BCUT2D eigenvalue weighted by Crippen LogP contribution is 2.29. The van der Waals surface area contributed by atoms with Crippen molar-refractivity contribution >= 4 is 17.6 Å². The number of alkyl halides is 3. The minimum absolute atomic E-state index is 0.220. The zero-order valence-electron chi connectivity index (χ0n) is 13.6. The summed E-state index contributed by atoms with van der Waals surface area (Å²) in [6, 6.07) is 9.24. The van der Waals surface area contributed by atoms with Gasteiger partial charge in [0.15, 0.2) is 0 Å². The van der Waals surface area contributed by atoms with Gasteiger partial charge in [0.2, 0.25) is 0 Å². The molecule has 0 saturated carbocycles. The van der Waals surface area contributed by atoms with E-state index in [1.54, 1.807) is 19.1 Å². The number of carbonyl (C=O) groups excluding carboxylic acids is 2. The summed E-state index contributed by atoms with van der Waals surface area (Å²) < 4.78 is 37.5. The molecule has 4 N–H and O–H groups in total. The Morgan fingerprint density at radius 3 is 2.08 bits per heavy atom. The van der Waals surface area contributed by atoms with E-state index >= 15 is 0 Å². The Morgan fingerprint density at radius 2 is 1.58 bits per heavy atom. The van der Waals surface area contributed by atoms with E-state index in [9.17, 15) is 22.8 Å². The fourth-order valence-corrected chi connectivity index (χ4v) is 2.18. The highest BCUT2D eigenvalue weighted by molar-refractivity contribution is 5.93. The largest absolute Gasteiger partial charge is 0.416 e. The van der Waals surface area contributed by atoms with Gasteiger partial charge >= 0.3 is 12.2 Å². The monoisotopic (exact) mass is 367 g/mol. The van der Waals surface area contributed by atoms with Gasteiger partial charge in [-0.3, -0.25) is 10.0 Å². The van der Waals surface area contributed by atoms with E-state index in [1.807, 2.05) is 0 Å². The quantitative estimate of drug-likeness (QED) is 0.491. The number of benzene rings is 2. The first-order valence-electron chi connectivity index (χ1n) is 7.50. The summed E-state index contributed by atoms with van der Waals surface area (Å²) >= 11 is 0. The van der Waals surface area contributed by atoms with Crippen LogP contribution in [0.1, 0.15) is 34.5 Å². The number of rotatable bonds is 4. The summed E-state index contributed by atoms with van der Waals surface area (Å²) in [5, 5.41) is 13.6. The molecule has 1 atom stereocenters. The maximum absolute atomic E-state index is 12.5. The lowest BCUT2D eigenvalue weighted by molar-refractivity contribution is -0.137. The number of carbonyl (C=O) groups is 2. The highest BCUT2D eigenvalue weighted by atomic mass is 19.4. The molecular weight excluding hydrogens is 351 g/mol. The number of hydroxylamine groups is 1. The molecule has 0 fully saturated rings. The van der Waals surface area contributed by atoms with Crippen LogP contribution >= 0.6 is 0 Å². The van der Waals surface area contributed by atoms with E-state index in [-0.39, 0.29) is 11.3 Å². The molecule has 0 aliphatic heterocycles. The molecule has 0 aliphatic carbocycles. The molecule has 2 aromatic rings. The number of nitrogens with one attached hydrogen (secondary N) is 3. The molecule has 0 bridgehead atoms. The van der Waals surface area contributed by atoms with Gasteiger partial charge in [0, 0.05) is 11.3 Å². The van der Waals surface area contributed by atoms with E-state index in [2.05, 4.69) is 10.6 Å². The average Bonchev–Trinajstić information content (AvgIpc) is 2.60. The molecule has 0 aromatic heterocycles. The Hall–Kier alpha value is -3.07. The SMILES string of the molecule is CC(NC(=O)Nc1ccc(C(F)(F)F)cc1)c1ccc(C(=O)NO)cc1. The Morgan fingerprint density at radius 1 is 1.00 bits per heavy atom. The zero-order chi connectivity index (χ0) is 19.3. The summed E-state index contributed by atoms with van der Waals surface area (Å²) in [5.41, 5.74) is 1.88. The van der Waals surface area contributed by atoms with Gasteiger partial charge in [-0.2, -0.15) is 13.2 Å². The number of urea groups is 1. The summed E-state index contributed by atoms with van der Waals surface area (Å²) in [5.74, 6) is -0.655. The topological polar surface area (TPSA) is 90.5 Å². The zero-order valence-corrected chi connectivity index (χ0v) is 13.6. The third-order valence-corrected chi connectivity index (χ3v) is 3.59. The van der Waals surface area contributed by atoms with Gasteiger partial charge < -0.3 is 10.6 Å². The highest BCUT2D eigenvalue weighted by Gasteiger charge is 2.30. The predicted octanol–water partition coefficient (Wildman–Crippen LogP) is 3.71. The van der Waals surface area contributed by atoms with Crippen molar-refractivity contribution in [3.05, 3.63) is 65.2 Å². The lowest BCUT2D eigenvalue weighted by Gasteiger charge is -2.16. The van der Waals surface area contributed by atoms with Crippen LogP contribution in [0.5, 0.6) is 0 Å². The molecule has 0 saturated heterocycles. The molecule has 0 heterocycles. The van der Waals surface area contributed by atoms with E-state index < -0.39 is 29.7 Å². The molecule has 2 rings (SSSR count). The normalized spacial score (nSPS) is 12.2. The van der Waals surface area contributed by atoms with Gasteiger partial charge in [0.05, 0.1) is 11.6 Å². The average molecular weight is 367 g/mol. The van der Waals surface area contributed by atoms with Gasteiger partial charge in [-0.25, -0.2) is 10.3 Å².